The minimum Gasteiger partial charge on any atom is -0.466 e. The molecule has 2 aliphatic heterocycles. The lowest BCUT2D eigenvalue weighted by Gasteiger charge is -2.33. The molecule has 2 amide bonds. The van der Waals surface area contributed by atoms with Crippen molar-refractivity contribution in [2.45, 2.75) is 32.3 Å². The summed E-state index contributed by atoms with van der Waals surface area (Å²) in [5, 5.41) is 5.59. The van der Waals surface area contributed by atoms with Crippen LogP contribution in [0.15, 0.2) is 18.2 Å². The third-order valence-corrected chi connectivity index (χ3v) is 4.48. The summed E-state index contributed by atoms with van der Waals surface area (Å²) in [5.74, 6) is -0.318. The SMILES string of the molecule is Cc1ccc2c(c1)NC(=O)[C@](C)(C(=O)NCCN1CCCC1)O2. The number of ether oxygens (including phenoxy) is 1. The van der Waals surface area contributed by atoms with E-state index in [2.05, 4.69) is 15.5 Å². The zero-order valence-corrected chi connectivity index (χ0v) is 13.6. The number of carbonyl (C=O) groups excluding carboxylic acids is 2. The lowest BCUT2D eigenvalue weighted by molar-refractivity contribution is -0.146. The lowest BCUT2D eigenvalue weighted by Crippen LogP contribution is -2.59. The maximum absolute atomic E-state index is 12.5. The van der Waals surface area contributed by atoms with Crippen LogP contribution in [0.4, 0.5) is 5.69 Å². The molecule has 1 fully saturated rings. The van der Waals surface area contributed by atoms with Gasteiger partial charge in [-0.2, -0.15) is 0 Å². The number of aryl methyl sites for hydroxylation is 1. The molecule has 23 heavy (non-hydrogen) atoms. The van der Waals surface area contributed by atoms with E-state index in [1.54, 1.807) is 6.07 Å². The fourth-order valence-corrected chi connectivity index (χ4v) is 2.99. The summed E-state index contributed by atoms with van der Waals surface area (Å²) >= 11 is 0. The largest absolute Gasteiger partial charge is 0.466 e. The maximum Gasteiger partial charge on any atom is 0.278 e. The average Bonchev–Trinajstić information content (AvgIpc) is 3.02. The summed E-state index contributed by atoms with van der Waals surface area (Å²) in [6, 6.07) is 5.50. The molecule has 0 radical (unpaired) electrons. The van der Waals surface area contributed by atoms with Gasteiger partial charge in [0.25, 0.3) is 17.4 Å². The van der Waals surface area contributed by atoms with Gasteiger partial charge in [-0.1, -0.05) is 6.07 Å². The predicted molar refractivity (Wildman–Crippen MR) is 87.5 cm³/mol. The minimum absolute atomic E-state index is 0.402. The molecule has 1 atom stereocenters. The first-order chi connectivity index (χ1) is 11.0. The van der Waals surface area contributed by atoms with Crippen LogP contribution in [0.2, 0.25) is 0 Å². The van der Waals surface area contributed by atoms with Gasteiger partial charge in [-0.05, 0) is 57.5 Å². The molecule has 2 heterocycles. The number of hydrogen-bond donors (Lipinski definition) is 2. The number of nitrogens with one attached hydrogen (secondary N) is 2. The fourth-order valence-electron chi connectivity index (χ4n) is 2.99. The zero-order valence-electron chi connectivity index (χ0n) is 13.6. The highest BCUT2D eigenvalue weighted by Crippen LogP contribution is 2.34. The van der Waals surface area contributed by atoms with E-state index < -0.39 is 17.4 Å². The maximum atomic E-state index is 12.5. The Bertz CT molecular complexity index is 626. The molecule has 2 N–H and O–H groups in total. The molecule has 0 bridgehead atoms. The monoisotopic (exact) mass is 317 g/mol. The quantitative estimate of drug-likeness (QED) is 0.821. The van der Waals surface area contributed by atoms with Crippen molar-refractivity contribution in [2.24, 2.45) is 0 Å². The minimum atomic E-state index is -1.53. The Hall–Kier alpha value is -2.08. The number of likely N-dealkylation sites (tertiary alicyclic amines) is 1. The number of benzene rings is 1. The van der Waals surface area contributed by atoms with Gasteiger partial charge in [-0.25, -0.2) is 0 Å². The van der Waals surface area contributed by atoms with Gasteiger partial charge in [0.2, 0.25) is 0 Å². The van der Waals surface area contributed by atoms with Crippen molar-refractivity contribution in [3.8, 4) is 5.75 Å². The van der Waals surface area contributed by atoms with Crippen molar-refractivity contribution in [3.05, 3.63) is 23.8 Å². The molecule has 0 aliphatic carbocycles. The summed E-state index contributed by atoms with van der Waals surface area (Å²) in [4.78, 5) is 27.1. The second kappa shape index (κ2) is 6.20. The second-order valence-electron chi connectivity index (χ2n) is 6.39. The topological polar surface area (TPSA) is 70.7 Å². The van der Waals surface area contributed by atoms with Gasteiger partial charge in [0.15, 0.2) is 0 Å². The standard InChI is InChI=1S/C17H23N3O3/c1-12-5-6-14-13(11-12)19-16(22)17(2,23-14)15(21)18-7-10-20-8-3-4-9-20/h5-6,11H,3-4,7-10H2,1-2H3,(H,18,21)(H,19,22)/t17-/m0/s1. The van der Waals surface area contributed by atoms with Crippen LogP contribution in [0.5, 0.6) is 5.75 Å². The summed E-state index contributed by atoms with van der Waals surface area (Å²) in [6.45, 7) is 6.93. The Balaban J connectivity index is 1.64. The molecule has 3 rings (SSSR count). The Morgan fingerprint density at radius 2 is 2.13 bits per heavy atom. The van der Waals surface area contributed by atoms with Gasteiger partial charge < -0.3 is 20.3 Å². The van der Waals surface area contributed by atoms with Gasteiger partial charge in [0.1, 0.15) is 5.75 Å². The van der Waals surface area contributed by atoms with Crippen LogP contribution in [-0.4, -0.2) is 48.5 Å². The second-order valence-corrected chi connectivity index (χ2v) is 6.39. The predicted octanol–water partition coefficient (Wildman–Crippen LogP) is 1.30. The van der Waals surface area contributed by atoms with Gasteiger partial charge in [-0.15, -0.1) is 0 Å². The Kier molecular flexibility index (Phi) is 4.26. The Labute approximate surface area is 136 Å². The van der Waals surface area contributed by atoms with Crippen LogP contribution in [0.1, 0.15) is 25.3 Å². The van der Waals surface area contributed by atoms with Crippen LogP contribution in [0.25, 0.3) is 0 Å². The highest BCUT2D eigenvalue weighted by molar-refractivity contribution is 6.15. The van der Waals surface area contributed by atoms with Gasteiger partial charge in [0, 0.05) is 13.1 Å². The summed E-state index contributed by atoms with van der Waals surface area (Å²) in [5.41, 5.74) is 0.0939. The highest BCUT2D eigenvalue weighted by atomic mass is 16.5. The normalized spacial score (nSPS) is 23.8. The van der Waals surface area contributed by atoms with E-state index in [1.807, 2.05) is 19.1 Å². The first kappa shape index (κ1) is 15.8. The zero-order chi connectivity index (χ0) is 16.4. The summed E-state index contributed by atoms with van der Waals surface area (Å²) in [6.07, 6.45) is 2.43. The van der Waals surface area contributed by atoms with E-state index in [-0.39, 0.29) is 0 Å². The smallest absolute Gasteiger partial charge is 0.278 e. The molecule has 6 heteroatoms. The Morgan fingerprint density at radius 1 is 1.39 bits per heavy atom. The number of hydrogen-bond acceptors (Lipinski definition) is 4. The molecule has 1 saturated heterocycles. The number of anilines is 1. The van der Waals surface area contributed by atoms with Crippen molar-refractivity contribution in [2.75, 3.05) is 31.5 Å². The highest BCUT2D eigenvalue weighted by Gasteiger charge is 2.47. The first-order valence-electron chi connectivity index (χ1n) is 8.11. The van der Waals surface area contributed by atoms with E-state index >= 15 is 0 Å². The molecule has 2 aliphatic rings. The van der Waals surface area contributed by atoms with E-state index in [4.69, 9.17) is 4.74 Å². The number of fused-ring (bicyclic) bond motifs is 1. The van der Waals surface area contributed by atoms with Gasteiger partial charge in [-0.3, -0.25) is 9.59 Å². The molecular formula is C17H23N3O3. The summed E-state index contributed by atoms with van der Waals surface area (Å²) in [7, 11) is 0. The number of amides is 2. The lowest BCUT2D eigenvalue weighted by atomic mass is 10.0. The van der Waals surface area contributed by atoms with E-state index in [0.717, 1.165) is 25.2 Å². The molecule has 0 saturated carbocycles. The molecule has 124 valence electrons. The van der Waals surface area contributed by atoms with Crippen molar-refractivity contribution in [1.29, 1.82) is 0 Å². The van der Waals surface area contributed by atoms with Crippen LogP contribution in [-0.2, 0) is 9.59 Å². The van der Waals surface area contributed by atoms with E-state index in [0.29, 0.717) is 18.0 Å². The van der Waals surface area contributed by atoms with Crippen molar-refractivity contribution >= 4 is 17.5 Å². The van der Waals surface area contributed by atoms with Gasteiger partial charge >= 0.3 is 0 Å². The first-order valence-corrected chi connectivity index (χ1v) is 8.11. The van der Waals surface area contributed by atoms with Crippen molar-refractivity contribution in [1.82, 2.24) is 10.2 Å². The molecule has 1 aromatic carbocycles. The van der Waals surface area contributed by atoms with Crippen molar-refractivity contribution < 1.29 is 14.3 Å². The van der Waals surface area contributed by atoms with Crippen LogP contribution < -0.4 is 15.4 Å². The molecular weight excluding hydrogens is 294 g/mol. The van der Waals surface area contributed by atoms with E-state index in [9.17, 15) is 9.59 Å². The molecule has 6 nitrogen and oxygen atoms in total. The molecule has 0 aromatic heterocycles. The van der Waals surface area contributed by atoms with Crippen LogP contribution >= 0.6 is 0 Å². The number of rotatable bonds is 4. The molecule has 0 unspecified atom stereocenters. The fraction of sp³-hybridized carbons (Fsp3) is 0.529. The van der Waals surface area contributed by atoms with E-state index in [1.165, 1.54) is 19.8 Å². The van der Waals surface area contributed by atoms with Crippen LogP contribution in [0.3, 0.4) is 0 Å². The summed E-state index contributed by atoms with van der Waals surface area (Å²) < 4.78 is 5.73. The molecule has 0 spiro atoms. The van der Waals surface area contributed by atoms with Crippen molar-refractivity contribution in [3.63, 3.8) is 0 Å². The third-order valence-electron chi connectivity index (χ3n) is 4.48. The number of nitrogens with zero attached hydrogens (tertiary/aromatic N) is 1. The van der Waals surface area contributed by atoms with Crippen LogP contribution in [0, 0.1) is 6.92 Å². The number of carbonyl (C=O) groups is 2. The Morgan fingerprint density at radius 3 is 2.87 bits per heavy atom. The average molecular weight is 317 g/mol. The van der Waals surface area contributed by atoms with Gasteiger partial charge in [0.05, 0.1) is 5.69 Å². The third kappa shape index (κ3) is 3.17. The molecule has 1 aromatic rings.